The number of aromatic nitrogens is 6. The summed E-state index contributed by atoms with van der Waals surface area (Å²) < 4.78 is 15.7. The number of pyridine rings is 2. The van der Waals surface area contributed by atoms with Crippen LogP contribution < -0.4 is 5.32 Å². The van der Waals surface area contributed by atoms with Gasteiger partial charge in [0.25, 0.3) is 0 Å². The minimum Gasteiger partial charge on any atom is -0.337 e. The van der Waals surface area contributed by atoms with Crippen LogP contribution in [0.3, 0.4) is 0 Å². The lowest BCUT2D eigenvalue weighted by molar-refractivity contribution is -0.117. The number of hydrogen-bond acceptors (Lipinski definition) is 5. The Kier molecular flexibility index (Phi) is 4.88. The molecule has 8 nitrogen and oxygen atoms in total. The van der Waals surface area contributed by atoms with Gasteiger partial charge < -0.3 is 10.3 Å². The topological polar surface area (TPSA) is 112 Å². The molecule has 1 amide bonds. The third-order valence-corrected chi connectivity index (χ3v) is 5.14. The van der Waals surface area contributed by atoms with E-state index in [-0.39, 0.29) is 22.4 Å². The molecule has 4 aromatic heterocycles. The van der Waals surface area contributed by atoms with Gasteiger partial charge in [-0.15, -0.1) is 0 Å². The summed E-state index contributed by atoms with van der Waals surface area (Å²) in [5.41, 5.74) is 3.30. The van der Waals surface area contributed by atoms with E-state index in [0.29, 0.717) is 34.7 Å². The smallest absolute Gasteiger partial charge is 0.224 e. The number of H-pyrrole nitrogens is 2. The average Bonchev–Trinajstić information content (AvgIpc) is 3.37. The van der Waals surface area contributed by atoms with Crippen molar-refractivity contribution in [2.24, 2.45) is 5.41 Å². The van der Waals surface area contributed by atoms with Gasteiger partial charge in [-0.05, 0) is 23.6 Å². The molecule has 5 rings (SSSR count). The SMILES string of the molecule is CC(C)(C)CC(=O)Nc1cncc(-c2ncc3[nH]nc(-c4nc5ccccc5[nH]4)c3c2F)c1. The maximum Gasteiger partial charge on any atom is 0.224 e. The molecule has 0 saturated heterocycles. The predicted octanol–water partition coefficient (Wildman–Crippen LogP) is 5.08. The highest BCUT2D eigenvalue weighted by Gasteiger charge is 2.21. The zero-order valence-corrected chi connectivity index (χ0v) is 18.4. The second kappa shape index (κ2) is 7.77. The van der Waals surface area contributed by atoms with Crippen LogP contribution in [0, 0.1) is 11.2 Å². The van der Waals surface area contributed by atoms with E-state index in [9.17, 15) is 4.79 Å². The summed E-state index contributed by atoms with van der Waals surface area (Å²) >= 11 is 0. The Hall–Kier alpha value is -4.14. The molecule has 5 aromatic rings. The van der Waals surface area contributed by atoms with Gasteiger partial charge in [-0.25, -0.2) is 9.37 Å². The Morgan fingerprint density at radius 3 is 2.70 bits per heavy atom. The number of para-hydroxylation sites is 2. The number of amides is 1. The van der Waals surface area contributed by atoms with Crippen molar-refractivity contribution in [1.29, 1.82) is 0 Å². The number of halogens is 1. The number of benzene rings is 1. The fourth-order valence-corrected chi connectivity index (χ4v) is 3.74. The standard InChI is InChI=1S/C24H22FN7O/c1-24(2,3)9-18(33)28-14-8-13(10-26-11-14)21-20(25)19-17(12-27-21)31-32-22(19)23-29-15-6-4-5-7-16(15)30-23/h4-8,10-12H,9H2,1-3H3,(H,28,33)(H,29,30)(H,31,32). The Bertz CT molecular complexity index is 1460. The molecule has 0 saturated carbocycles. The normalized spacial score (nSPS) is 11.9. The van der Waals surface area contributed by atoms with E-state index in [0.717, 1.165) is 11.0 Å². The van der Waals surface area contributed by atoms with Gasteiger partial charge in [-0.3, -0.25) is 19.9 Å². The number of anilines is 1. The van der Waals surface area contributed by atoms with Crippen LogP contribution in [0.4, 0.5) is 10.1 Å². The fraction of sp³-hybridized carbons (Fsp3) is 0.208. The summed E-state index contributed by atoms with van der Waals surface area (Å²) in [4.78, 5) is 28.5. The van der Waals surface area contributed by atoms with Crippen molar-refractivity contribution in [3.8, 4) is 22.8 Å². The van der Waals surface area contributed by atoms with Crippen molar-refractivity contribution >= 4 is 33.5 Å². The van der Waals surface area contributed by atoms with Crippen molar-refractivity contribution in [2.45, 2.75) is 27.2 Å². The maximum atomic E-state index is 15.7. The number of nitrogens with zero attached hydrogens (tertiary/aromatic N) is 4. The van der Waals surface area contributed by atoms with E-state index in [4.69, 9.17) is 0 Å². The maximum absolute atomic E-state index is 15.7. The van der Waals surface area contributed by atoms with Crippen LogP contribution in [0.1, 0.15) is 27.2 Å². The van der Waals surface area contributed by atoms with Gasteiger partial charge in [-0.1, -0.05) is 32.9 Å². The molecule has 9 heteroatoms. The summed E-state index contributed by atoms with van der Waals surface area (Å²) in [5.74, 6) is -0.219. The second-order valence-electron chi connectivity index (χ2n) is 9.13. The zero-order valence-electron chi connectivity index (χ0n) is 18.4. The van der Waals surface area contributed by atoms with Gasteiger partial charge in [0.15, 0.2) is 11.6 Å². The van der Waals surface area contributed by atoms with Crippen LogP contribution >= 0.6 is 0 Å². The highest BCUT2D eigenvalue weighted by atomic mass is 19.1. The molecular formula is C24H22FN7O. The number of carbonyl (C=O) groups is 1. The lowest BCUT2D eigenvalue weighted by Crippen LogP contribution is -2.19. The molecule has 0 unspecified atom stereocenters. The number of nitrogens with one attached hydrogen (secondary N) is 3. The molecule has 3 N–H and O–H groups in total. The van der Waals surface area contributed by atoms with Crippen LogP contribution in [0.5, 0.6) is 0 Å². The first-order valence-electron chi connectivity index (χ1n) is 10.5. The number of hydrogen-bond donors (Lipinski definition) is 3. The van der Waals surface area contributed by atoms with Gasteiger partial charge in [0.05, 0.1) is 40.0 Å². The van der Waals surface area contributed by atoms with Crippen LogP contribution in [-0.4, -0.2) is 36.0 Å². The molecule has 0 radical (unpaired) electrons. The highest BCUT2D eigenvalue weighted by Crippen LogP contribution is 2.33. The molecule has 1 aromatic carbocycles. The van der Waals surface area contributed by atoms with Crippen molar-refractivity contribution in [2.75, 3.05) is 5.32 Å². The first-order valence-corrected chi connectivity index (χ1v) is 10.5. The third kappa shape index (κ3) is 4.05. The molecule has 166 valence electrons. The quantitative estimate of drug-likeness (QED) is 0.359. The van der Waals surface area contributed by atoms with Crippen LogP contribution in [0.15, 0.2) is 48.9 Å². The number of fused-ring (bicyclic) bond motifs is 2. The van der Waals surface area contributed by atoms with Gasteiger partial charge in [0, 0.05) is 18.2 Å². The molecule has 0 spiro atoms. The van der Waals surface area contributed by atoms with Crippen molar-refractivity contribution in [1.82, 2.24) is 30.1 Å². The molecule has 0 aliphatic heterocycles. The van der Waals surface area contributed by atoms with Gasteiger partial charge in [0.2, 0.25) is 5.91 Å². The van der Waals surface area contributed by atoms with E-state index in [2.05, 4.69) is 35.5 Å². The number of carbonyl (C=O) groups excluding carboxylic acids is 1. The number of rotatable bonds is 4. The van der Waals surface area contributed by atoms with Crippen LogP contribution in [0.2, 0.25) is 0 Å². The minimum absolute atomic E-state index is 0.112. The molecule has 0 aliphatic carbocycles. The summed E-state index contributed by atoms with van der Waals surface area (Å²) in [6, 6.07) is 9.22. The number of imidazole rings is 1. The van der Waals surface area contributed by atoms with Gasteiger partial charge in [-0.2, -0.15) is 5.10 Å². The van der Waals surface area contributed by atoms with Crippen LogP contribution in [0.25, 0.3) is 44.7 Å². The first-order chi connectivity index (χ1) is 15.8. The second-order valence-corrected chi connectivity index (χ2v) is 9.13. The third-order valence-electron chi connectivity index (χ3n) is 5.14. The molecule has 33 heavy (non-hydrogen) atoms. The largest absolute Gasteiger partial charge is 0.337 e. The monoisotopic (exact) mass is 443 g/mol. The lowest BCUT2D eigenvalue weighted by Gasteiger charge is -2.17. The Balaban J connectivity index is 1.54. The van der Waals surface area contributed by atoms with E-state index in [1.807, 2.05) is 45.0 Å². The predicted molar refractivity (Wildman–Crippen MR) is 125 cm³/mol. The fourth-order valence-electron chi connectivity index (χ4n) is 3.74. The summed E-state index contributed by atoms with van der Waals surface area (Å²) in [5, 5.41) is 10.2. The molecular weight excluding hydrogens is 421 g/mol. The number of aromatic amines is 2. The Morgan fingerprint density at radius 1 is 1.09 bits per heavy atom. The Labute approximate surface area is 188 Å². The molecule has 0 atom stereocenters. The van der Waals surface area contributed by atoms with E-state index in [1.165, 1.54) is 18.6 Å². The minimum atomic E-state index is -0.545. The zero-order chi connectivity index (χ0) is 23.2. The summed E-state index contributed by atoms with van der Waals surface area (Å²) in [7, 11) is 0. The van der Waals surface area contributed by atoms with E-state index >= 15 is 4.39 Å². The average molecular weight is 443 g/mol. The Morgan fingerprint density at radius 2 is 1.91 bits per heavy atom. The van der Waals surface area contributed by atoms with E-state index in [1.54, 1.807) is 6.07 Å². The molecule has 4 heterocycles. The first kappa shape index (κ1) is 20.7. The van der Waals surface area contributed by atoms with Crippen molar-refractivity contribution in [3.63, 3.8) is 0 Å². The van der Waals surface area contributed by atoms with Gasteiger partial charge >= 0.3 is 0 Å². The lowest BCUT2D eigenvalue weighted by atomic mass is 9.92. The summed E-state index contributed by atoms with van der Waals surface area (Å²) in [6.07, 6.45) is 4.92. The molecule has 0 bridgehead atoms. The van der Waals surface area contributed by atoms with Crippen LogP contribution in [-0.2, 0) is 4.79 Å². The molecule has 0 fully saturated rings. The molecule has 0 aliphatic rings. The highest BCUT2D eigenvalue weighted by molar-refractivity contribution is 5.96. The van der Waals surface area contributed by atoms with Crippen molar-refractivity contribution < 1.29 is 9.18 Å². The van der Waals surface area contributed by atoms with Gasteiger partial charge in [0.1, 0.15) is 11.4 Å². The summed E-state index contributed by atoms with van der Waals surface area (Å²) in [6.45, 7) is 5.96. The van der Waals surface area contributed by atoms with E-state index < -0.39 is 5.82 Å². The van der Waals surface area contributed by atoms with Crippen molar-refractivity contribution in [3.05, 3.63) is 54.7 Å².